The summed E-state index contributed by atoms with van der Waals surface area (Å²) >= 11 is 0. The molecule has 1 fully saturated rings. The number of nitrogens with one attached hydrogen (secondary N) is 1. The molecule has 1 aliphatic heterocycles. The van der Waals surface area contributed by atoms with Crippen LogP contribution in [0.25, 0.3) is 0 Å². The van der Waals surface area contributed by atoms with E-state index in [2.05, 4.69) is 29.6 Å². The third-order valence-electron chi connectivity index (χ3n) is 3.09. The zero-order valence-electron chi connectivity index (χ0n) is 9.01. The van der Waals surface area contributed by atoms with E-state index in [9.17, 15) is 4.39 Å². The number of hydrogen-bond donors (Lipinski definition) is 1. The van der Waals surface area contributed by atoms with Crippen molar-refractivity contribution in [2.45, 2.75) is 19.3 Å². The Balaban J connectivity index is 1.91. The van der Waals surface area contributed by atoms with Crippen LogP contribution in [0.15, 0.2) is 24.3 Å². The number of aryl methyl sites for hydroxylation is 1. The summed E-state index contributed by atoms with van der Waals surface area (Å²) in [5.74, 6) is 0.789. The van der Waals surface area contributed by atoms with E-state index in [0.29, 0.717) is 6.42 Å². The molecule has 0 amide bonds. The molecule has 1 nitrogen and oxygen atoms in total. The van der Waals surface area contributed by atoms with E-state index in [1.54, 1.807) is 0 Å². The normalized spacial score (nSPS) is 20.7. The van der Waals surface area contributed by atoms with Crippen LogP contribution < -0.4 is 5.32 Å². The summed E-state index contributed by atoms with van der Waals surface area (Å²) in [5.41, 5.74) is 2.48. The van der Waals surface area contributed by atoms with Crippen LogP contribution in [0.4, 0.5) is 4.39 Å². The van der Waals surface area contributed by atoms with Gasteiger partial charge in [-0.3, -0.25) is 4.39 Å². The molecule has 0 radical (unpaired) electrons. The molecule has 1 saturated heterocycles. The first kappa shape index (κ1) is 10.6. The van der Waals surface area contributed by atoms with Gasteiger partial charge in [-0.1, -0.05) is 24.3 Å². The highest BCUT2D eigenvalue weighted by molar-refractivity contribution is 5.23. The fourth-order valence-corrected chi connectivity index (χ4v) is 2.17. The standard InChI is InChI=1S/C13H18FN/c14-7-5-11-1-3-12(4-2-11)9-13-6-8-15-10-13/h1-4,13,15H,5-10H2. The number of benzene rings is 1. The minimum Gasteiger partial charge on any atom is -0.316 e. The molecule has 0 bridgehead atoms. The molecule has 1 unspecified atom stereocenters. The van der Waals surface area contributed by atoms with Gasteiger partial charge in [-0.05, 0) is 43.0 Å². The van der Waals surface area contributed by atoms with E-state index in [1.165, 1.54) is 12.0 Å². The van der Waals surface area contributed by atoms with Crippen molar-refractivity contribution < 1.29 is 4.39 Å². The summed E-state index contributed by atoms with van der Waals surface area (Å²) in [6.45, 7) is 2.04. The third kappa shape index (κ3) is 3.03. The van der Waals surface area contributed by atoms with Crippen molar-refractivity contribution in [2.75, 3.05) is 19.8 Å². The zero-order chi connectivity index (χ0) is 10.5. The SMILES string of the molecule is FCCc1ccc(CC2CCNC2)cc1. The van der Waals surface area contributed by atoms with Gasteiger partial charge in [0, 0.05) is 6.42 Å². The van der Waals surface area contributed by atoms with Crippen LogP contribution in [0.1, 0.15) is 17.5 Å². The predicted octanol–water partition coefficient (Wildman–Crippen LogP) is 2.35. The Morgan fingerprint density at radius 2 is 1.93 bits per heavy atom. The number of halogens is 1. The molecule has 82 valence electrons. The summed E-state index contributed by atoms with van der Waals surface area (Å²) in [7, 11) is 0. The smallest absolute Gasteiger partial charge is 0.0934 e. The second kappa shape index (κ2) is 5.26. The summed E-state index contributed by atoms with van der Waals surface area (Å²) in [4.78, 5) is 0. The van der Waals surface area contributed by atoms with E-state index < -0.39 is 0 Å². The maximum absolute atomic E-state index is 12.1. The second-order valence-corrected chi connectivity index (χ2v) is 4.32. The second-order valence-electron chi connectivity index (χ2n) is 4.32. The van der Waals surface area contributed by atoms with Gasteiger partial charge in [-0.25, -0.2) is 0 Å². The molecule has 1 aliphatic rings. The Morgan fingerprint density at radius 1 is 1.20 bits per heavy atom. The quantitative estimate of drug-likeness (QED) is 0.799. The van der Waals surface area contributed by atoms with Crippen LogP contribution in [0.3, 0.4) is 0 Å². The van der Waals surface area contributed by atoms with Gasteiger partial charge in [0.15, 0.2) is 0 Å². The number of hydrogen-bond acceptors (Lipinski definition) is 1. The van der Waals surface area contributed by atoms with Crippen LogP contribution >= 0.6 is 0 Å². The summed E-state index contributed by atoms with van der Waals surface area (Å²) in [6, 6.07) is 8.39. The largest absolute Gasteiger partial charge is 0.316 e. The maximum atomic E-state index is 12.1. The first-order valence-electron chi connectivity index (χ1n) is 5.73. The molecule has 1 aromatic carbocycles. The number of rotatable bonds is 4. The van der Waals surface area contributed by atoms with E-state index in [-0.39, 0.29) is 6.67 Å². The molecule has 0 saturated carbocycles. The van der Waals surface area contributed by atoms with Crippen molar-refractivity contribution in [1.82, 2.24) is 5.32 Å². The minimum atomic E-state index is -0.258. The van der Waals surface area contributed by atoms with Crippen LogP contribution in [-0.2, 0) is 12.8 Å². The summed E-state index contributed by atoms with van der Waals surface area (Å²) in [6.07, 6.45) is 2.99. The molecular formula is C13H18FN. The van der Waals surface area contributed by atoms with E-state index in [4.69, 9.17) is 0 Å². The topological polar surface area (TPSA) is 12.0 Å². The molecule has 1 heterocycles. The van der Waals surface area contributed by atoms with Crippen molar-refractivity contribution in [2.24, 2.45) is 5.92 Å². The molecular weight excluding hydrogens is 189 g/mol. The van der Waals surface area contributed by atoms with Gasteiger partial charge >= 0.3 is 0 Å². The Bertz CT molecular complexity index is 288. The molecule has 1 N–H and O–H groups in total. The lowest BCUT2D eigenvalue weighted by atomic mass is 9.97. The Morgan fingerprint density at radius 3 is 2.53 bits per heavy atom. The lowest BCUT2D eigenvalue weighted by Gasteiger charge is -2.08. The molecule has 2 rings (SSSR count). The third-order valence-corrected chi connectivity index (χ3v) is 3.09. The fraction of sp³-hybridized carbons (Fsp3) is 0.538. The fourth-order valence-electron chi connectivity index (χ4n) is 2.17. The van der Waals surface area contributed by atoms with Crippen molar-refractivity contribution in [3.05, 3.63) is 35.4 Å². The van der Waals surface area contributed by atoms with E-state index in [0.717, 1.165) is 31.0 Å². The van der Waals surface area contributed by atoms with Crippen LogP contribution in [0.5, 0.6) is 0 Å². The van der Waals surface area contributed by atoms with Gasteiger partial charge in [0.2, 0.25) is 0 Å². The highest BCUT2D eigenvalue weighted by atomic mass is 19.1. The minimum absolute atomic E-state index is 0.258. The number of alkyl halides is 1. The summed E-state index contributed by atoms with van der Waals surface area (Å²) in [5, 5.41) is 3.37. The first-order valence-corrected chi connectivity index (χ1v) is 5.73. The van der Waals surface area contributed by atoms with Gasteiger partial charge in [0.25, 0.3) is 0 Å². The average Bonchev–Trinajstić information content (AvgIpc) is 2.74. The molecule has 1 aromatic rings. The van der Waals surface area contributed by atoms with Crippen molar-refractivity contribution >= 4 is 0 Å². The van der Waals surface area contributed by atoms with E-state index >= 15 is 0 Å². The highest BCUT2D eigenvalue weighted by Gasteiger charge is 2.14. The van der Waals surface area contributed by atoms with Gasteiger partial charge in [0.05, 0.1) is 6.67 Å². The first-order chi connectivity index (χ1) is 7.38. The lowest BCUT2D eigenvalue weighted by molar-refractivity contribution is 0.495. The zero-order valence-corrected chi connectivity index (χ0v) is 9.01. The van der Waals surface area contributed by atoms with Crippen molar-refractivity contribution in [3.63, 3.8) is 0 Å². The maximum Gasteiger partial charge on any atom is 0.0934 e. The Kier molecular flexibility index (Phi) is 3.73. The molecule has 0 aliphatic carbocycles. The van der Waals surface area contributed by atoms with Crippen molar-refractivity contribution in [3.8, 4) is 0 Å². The van der Waals surface area contributed by atoms with Gasteiger partial charge < -0.3 is 5.32 Å². The monoisotopic (exact) mass is 207 g/mol. The Hall–Kier alpha value is -0.890. The van der Waals surface area contributed by atoms with Gasteiger partial charge in [-0.15, -0.1) is 0 Å². The average molecular weight is 207 g/mol. The molecule has 15 heavy (non-hydrogen) atoms. The Labute approximate surface area is 90.7 Å². The summed E-state index contributed by atoms with van der Waals surface area (Å²) < 4.78 is 12.1. The van der Waals surface area contributed by atoms with Crippen LogP contribution in [0.2, 0.25) is 0 Å². The van der Waals surface area contributed by atoms with Crippen LogP contribution in [-0.4, -0.2) is 19.8 Å². The van der Waals surface area contributed by atoms with E-state index in [1.807, 2.05) is 0 Å². The van der Waals surface area contributed by atoms with Gasteiger partial charge in [0.1, 0.15) is 0 Å². The van der Waals surface area contributed by atoms with Crippen LogP contribution in [0, 0.1) is 5.92 Å². The predicted molar refractivity (Wildman–Crippen MR) is 60.8 cm³/mol. The molecule has 0 aromatic heterocycles. The molecule has 1 atom stereocenters. The lowest BCUT2D eigenvalue weighted by Crippen LogP contribution is -2.10. The molecule has 2 heteroatoms. The molecule has 0 spiro atoms. The highest BCUT2D eigenvalue weighted by Crippen LogP contribution is 2.15. The van der Waals surface area contributed by atoms with Gasteiger partial charge in [-0.2, -0.15) is 0 Å². The van der Waals surface area contributed by atoms with Crippen molar-refractivity contribution in [1.29, 1.82) is 0 Å².